The number of nitrogens with one attached hydrogen (secondary N) is 1. The van der Waals surface area contributed by atoms with Crippen LogP contribution >= 0.6 is 11.6 Å². The second-order valence-corrected chi connectivity index (χ2v) is 7.03. The predicted molar refractivity (Wildman–Crippen MR) is 114 cm³/mol. The van der Waals surface area contributed by atoms with Gasteiger partial charge in [0.1, 0.15) is 11.8 Å². The van der Waals surface area contributed by atoms with Crippen molar-refractivity contribution in [1.29, 1.82) is 0 Å². The average molecular weight is 406 g/mol. The molecule has 0 amide bonds. The molecule has 146 valence electrons. The van der Waals surface area contributed by atoms with Crippen LogP contribution in [0.3, 0.4) is 0 Å². The number of tetrazole rings is 1. The number of rotatable bonds is 6. The van der Waals surface area contributed by atoms with Gasteiger partial charge in [-0.1, -0.05) is 48.0 Å². The maximum Gasteiger partial charge on any atom is 0.183 e. The van der Waals surface area contributed by atoms with Crippen molar-refractivity contribution >= 4 is 17.3 Å². The minimum Gasteiger partial charge on any atom is -0.497 e. The number of nitrogens with zero attached hydrogens (tertiary/aromatic N) is 4. The maximum absolute atomic E-state index is 6.23. The van der Waals surface area contributed by atoms with Crippen molar-refractivity contribution in [2.45, 2.75) is 13.0 Å². The Labute approximate surface area is 174 Å². The van der Waals surface area contributed by atoms with Gasteiger partial charge in [-0.2, -0.15) is 4.68 Å². The van der Waals surface area contributed by atoms with E-state index in [1.165, 1.54) is 0 Å². The van der Waals surface area contributed by atoms with Gasteiger partial charge in [-0.05, 0) is 64.9 Å². The van der Waals surface area contributed by atoms with Crippen molar-refractivity contribution in [3.8, 4) is 11.4 Å². The van der Waals surface area contributed by atoms with Gasteiger partial charge in [0.25, 0.3) is 0 Å². The van der Waals surface area contributed by atoms with E-state index in [4.69, 9.17) is 16.3 Å². The molecule has 0 saturated carbocycles. The minimum absolute atomic E-state index is 0.266. The van der Waals surface area contributed by atoms with Crippen molar-refractivity contribution < 1.29 is 4.74 Å². The number of aromatic nitrogens is 4. The van der Waals surface area contributed by atoms with Gasteiger partial charge in [-0.3, -0.25) is 0 Å². The van der Waals surface area contributed by atoms with E-state index in [0.717, 1.165) is 28.3 Å². The Hall–Kier alpha value is -3.38. The summed E-state index contributed by atoms with van der Waals surface area (Å²) in [6, 6.07) is 23.2. The van der Waals surface area contributed by atoms with Gasteiger partial charge in [0.05, 0.1) is 12.8 Å². The summed E-state index contributed by atoms with van der Waals surface area (Å²) >= 11 is 6.23. The van der Waals surface area contributed by atoms with Gasteiger partial charge in [-0.15, -0.1) is 5.10 Å². The molecule has 1 heterocycles. The van der Waals surface area contributed by atoms with Crippen LogP contribution in [0.25, 0.3) is 5.69 Å². The van der Waals surface area contributed by atoms with E-state index in [-0.39, 0.29) is 6.04 Å². The highest BCUT2D eigenvalue weighted by atomic mass is 35.5. The highest BCUT2D eigenvalue weighted by molar-refractivity contribution is 6.30. The minimum atomic E-state index is -0.266. The van der Waals surface area contributed by atoms with Crippen LogP contribution in [0.4, 0.5) is 5.69 Å². The molecular formula is C22H20ClN5O. The Balaban J connectivity index is 1.78. The normalized spacial score (nSPS) is 11.8. The zero-order valence-corrected chi connectivity index (χ0v) is 16.8. The molecule has 0 aliphatic heterocycles. The number of methoxy groups -OCH3 is 1. The van der Waals surface area contributed by atoms with Gasteiger partial charge >= 0.3 is 0 Å². The molecule has 0 saturated heterocycles. The first kappa shape index (κ1) is 19.0. The van der Waals surface area contributed by atoms with Gasteiger partial charge in [-0.25, -0.2) is 0 Å². The number of hydrogen-bond donors (Lipinski definition) is 1. The summed E-state index contributed by atoms with van der Waals surface area (Å²) in [6.07, 6.45) is 0. The second kappa shape index (κ2) is 8.32. The first-order chi connectivity index (χ1) is 14.2. The van der Waals surface area contributed by atoms with Crippen molar-refractivity contribution in [3.05, 3.63) is 94.8 Å². The smallest absolute Gasteiger partial charge is 0.183 e. The molecule has 1 atom stereocenters. The first-order valence-corrected chi connectivity index (χ1v) is 9.54. The third-order valence-corrected chi connectivity index (χ3v) is 4.92. The second-order valence-electron chi connectivity index (χ2n) is 6.60. The lowest BCUT2D eigenvalue weighted by Gasteiger charge is -2.20. The van der Waals surface area contributed by atoms with Crippen LogP contribution in [0.5, 0.6) is 5.75 Å². The fourth-order valence-electron chi connectivity index (χ4n) is 3.15. The number of ether oxygens (including phenoxy) is 1. The van der Waals surface area contributed by atoms with Crippen molar-refractivity contribution in [1.82, 2.24) is 20.2 Å². The number of hydrogen-bond acceptors (Lipinski definition) is 5. The van der Waals surface area contributed by atoms with Crippen LogP contribution in [0.1, 0.15) is 23.0 Å². The molecule has 0 radical (unpaired) electrons. The van der Waals surface area contributed by atoms with Crippen LogP contribution in [-0.4, -0.2) is 27.3 Å². The van der Waals surface area contributed by atoms with Crippen LogP contribution in [0.2, 0.25) is 5.02 Å². The topological polar surface area (TPSA) is 64.9 Å². The number of halogens is 1. The summed E-state index contributed by atoms with van der Waals surface area (Å²) in [5.41, 5.74) is 3.84. The Morgan fingerprint density at radius 1 is 1.00 bits per heavy atom. The van der Waals surface area contributed by atoms with E-state index < -0.39 is 0 Å². The van der Waals surface area contributed by atoms with Crippen molar-refractivity contribution in [2.75, 3.05) is 12.4 Å². The van der Waals surface area contributed by atoms with E-state index in [0.29, 0.717) is 10.8 Å². The zero-order valence-electron chi connectivity index (χ0n) is 16.1. The van der Waals surface area contributed by atoms with Gasteiger partial charge in [0.2, 0.25) is 0 Å². The molecule has 0 aliphatic rings. The molecule has 0 fully saturated rings. The fraction of sp³-hybridized carbons (Fsp3) is 0.136. The lowest BCUT2D eigenvalue weighted by atomic mass is 10.1. The van der Waals surface area contributed by atoms with Crippen LogP contribution in [0.15, 0.2) is 72.8 Å². The molecule has 7 heteroatoms. The molecule has 1 aromatic heterocycles. The van der Waals surface area contributed by atoms with Gasteiger partial charge < -0.3 is 10.1 Å². The molecule has 4 aromatic rings. The Morgan fingerprint density at radius 3 is 2.48 bits per heavy atom. The number of benzene rings is 3. The van der Waals surface area contributed by atoms with E-state index in [9.17, 15) is 0 Å². The molecule has 1 unspecified atom stereocenters. The summed E-state index contributed by atoms with van der Waals surface area (Å²) in [4.78, 5) is 0. The fourth-order valence-corrected chi connectivity index (χ4v) is 3.32. The number of anilines is 1. The quantitative estimate of drug-likeness (QED) is 0.497. The Bertz CT molecular complexity index is 1100. The van der Waals surface area contributed by atoms with Gasteiger partial charge in [0.15, 0.2) is 5.82 Å². The maximum atomic E-state index is 6.23. The molecular weight excluding hydrogens is 386 g/mol. The lowest BCUT2D eigenvalue weighted by Crippen LogP contribution is -2.18. The summed E-state index contributed by atoms with van der Waals surface area (Å²) in [6.45, 7) is 2.01. The summed E-state index contributed by atoms with van der Waals surface area (Å²) in [5.74, 6) is 1.46. The molecule has 29 heavy (non-hydrogen) atoms. The first-order valence-electron chi connectivity index (χ1n) is 9.16. The molecule has 6 nitrogen and oxygen atoms in total. The monoisotopic (exact) mass is 405 g/mol. The SMILES string of the molecule is COc1ccc(NC(c2ccccc2)c2nnnn2-c2cc(Cl)ccc2C)cc1. The standard InChI is InChI=1S/C22H20ClN5O/c1-15-8-9-17(23)14-20(15)28-22(25-26-27-28)21(16-6-4-3-5-7-16)24-18-10-12-19(29-2)13-11-18/h3-14,21,24H,1-2H3. The highest BCUT2D eigenvalue weighted by Gasteiger charge is 2.23. The summed E-state index contributed by atoms with van der Waals surface area (Å²) < 4.78 is 6.99. The van der Waals surface area contributed by atoms with Crippen molar-refractivity contribution in [3.63, 3.8) is 0 Å². The van der Waals surface area contributed by atoms with Crippen molar-refractivity contribution in [2.24, 2.45) is 0 Å². The number of aryl methyl sites for hydroxylation is 1. The van der Waals surface area contributed by atoms with E-state index >= 15 is 0 Å². The lowest BCUT2D eigenvalue weighted by molar-refractivity contribution is 0.415. The Morgan fingerprint density at radius 2 is 1.76 bits per heavy atom. The third kappa shape index (κ3) is 4.07. The molecule has 0 aliphatic carbocycles. The Kier molecular flexibility index (Phi) is 5.44. The molecule has 3 aromatic carbocycles. The predicted octanol–water partition coefficient (Wildman–Crippen LogP) is 4.83. The zero-order chi connectivity index (χ0) is 20.2. The van der Waals surface area contributed by atoms with Crippen LogP contribution in [0, 0.1) is 6.92 Å². The van der Waals surface area contributed by atoms with Crippen LogP contribution < -0.4 is 10.1 Å². The summed E-state index contributed by atoms with van der Waals surface area (Å²) in [7, 11) is 1.65. The summed E-state index contributed by atoms with van der Waals surface area (Å²) in [5, 5.41) is 16.7. The molecule has 0 bridgehead atoms. The average Bonchev–Trinajstić information content (AvgIpc) is 3.24. The van der Waals surface area contributed by atoms with E-state index in [1.54, 1.807) is 11.8 Å². The largest absolute Gasteiger partial charge is 0.497 e. The highest BCUT2D eigenvalue weighted by Crippen LogP contribution is 2.29. The molecule has 1 N–H and O–H groups in total. The molecule has 0 spiro atoms. The third-order valence-electron chi connectivity index (χ3n) is 4.69. The van der Waals surface area contributed by atoms with Gasteiger partial charge in [0, 0.05) is 10.7 Å². The molecule has 4 rings (SSSR count). The van der Waals surface area contributed by atoms with Crippen LogP contribution in [-0.2, 0) is 0 Å². The van der Waals surface area contributed by atoms with E-state index in [1.807, 2.05) is 79.7 Å². The van der Waals surface area contributed by atoms with E-state index in [2.05, 4.69) is 20.8 Å².